The van der Waals surface area contributed by atoms with Crippen LogP contribution < -0.4 is 10.6 Å². The fourth-order valence-corrected chi connectivity index (χ4v) is 2.86. The van der Waals surface area contributed by atoms with Gasteiger partial charge in [0.1, 0.15) is 0 Å². The summed E-state index contributed by atoms with van der Waals surface area (Å²) in [4.78, 5) is 11.5. The van der Waals surface area contributed by atoms with Gasteiger partial charge in [-0.1, -0.05) is 38.5 Å². The topological polar surface area (TPSA) is 41.1 Å². The maximum Gasteiger partial charge on any atom is 0.233 e. The summed E-state index contributed by atoms with van der Waals surface area (Å²) in [5.74, 6) is 2.00. The van der Waals surface area contributed by atoms with Crippen LogP contribution in [0.1, 0.15) is 57.8 Å². The van der Waals surface area contributed by atoms with E-state index in [4.69, 9.17) is 0 Å². The van der Waals surface area contributed by atoms with Gasteiger partial charge >= 0.3 is 0 Å². The molecule has 2 saturated carbocycles. The lowest BCUT2D eigenvalue weighted by Gasteiger charge is -2.09. The van der Waals surface area contributed by atoms with Gasteiger partial charge in [0.2, 0.25) is 5.91 Å². The van der Waals surface area contributed by atoms with Crippen molar-refractivity contribution in [2.75, 3.05) is 19.6 Å². The molecule has 0 aromatic heterocycles. The summed E-state index contributed by atoms with van der Waals surface area (Å²) in [6.07, 6.45) is 12.2. The SMILES string of the molecule is Cl.O=C(CNCC1CC1)NCCCCC1CCCC1. The van der Waals surface area contributed by atoms with Crippen LogP contribution in [0.3, 0.4) is 0 Å². The van der Waals surface area contributed by atoms with Crippen molar-refractivity contribution in [3.8, 4) is 0 Å². The van der Waals surface area contributed by atoms with E-state index < -0.39 is 0 Å². The van der Waals surface area contributed by atoms with Crippen LogP contribution in [-0.4, -0.2) is 25.5 Å². The Labute approximate surface area is 123 Å². The second-order valence-corrected chi connectivity index (χ2v) is 6.07. The predicted molar refractivity (Wildman–Crippen MR) is 81.7 cm³/mol. The highest BCUT2D eigenvalue weighted by Gasteiger charge is 2.20. The smallest absolute Gasteiger partial charge is 0.233 e. The van der Waals surface area contributed by atoms with Gasteiger partial charge in [-0.15, -0.1) is 12.4 Å². The number of hydrogen-bond donors (Lipinski definition) is 2. The van der Waals surface area contributed by atoms with E-state index in [0.29, 0.717) is 6.54 Å². The molecule has 0 bridgehead atoms. The number of rotatable bonds is 9. The number of amides is 1. The zero-order valence-corrected chi connectivity index (χ0v) is 12.8. The van der Waals surface area contributed by atoms with E-state index in [1.165, 1.54) is 51.4 Å². The summed E-state index contributed by atoms with van der Waals surface area (Å²) in [5.41, 5.74) is 0. The number of halogens is 1. The maximum absolute atomic E-state index is 11.5. The van der Waals surface area contributed by atoms with Gasteiger partial charge in [0.15, 0.2) is 0 Å². The van der Waals surface area contributed by atoms with Gasteiger partial charge in [-0.3, -0.25) is 4.79 Å². The molecule has 0 radical (unpaired) electrons. The van der Waals surface area contributed by atoms with E-state index >= 15 is 0 Å². The van der Waals surface area contributed by atoms with Gasteiger partial charge in [0.05, 0.1) is 6.54 Å². The molecule has 3 nitrogen and oxygen atoms in total. The van der Waals surface area contributed by atoms with E-state index in [1.54, 1.807) is 0 Å². The second-order valence-electron chi connectivity index (χ2n) is 6.07. The Kier molecular flexibility index (Phi) is 8.47. The van der Waals surface area contributed by atoms with Gasteiger partial charge in [-0.05, 0) is 37.6 Å². The van der Waals surface area contributed by atoms with Crippen LogP contribution >= 0.6 is 12.4 Å². The fraction of sp³-hybridized carbons (Fsp3) is 0.933. The number of carbonyl (C=O) groups excluding carboxylic acids is 1. The first-order chi connectivity index (χ1) is 8.84. The molecule has 4 heteroatoms. The molecule has 2 fully saturated rings. The Morgan fingerprint density at radius 3 is 2.42 bits per heavy atom. The van der Waals surface area contributed by atoms with Crippen molar-refractivity contribution >= 4 is 18.3 Å². The predicted octanol–water partition coefficient (Wildman–Crippen LogP) is 2.88. The van der Waals surface area contributed by atoms with E-state index in [0.717, 1.165) is 31.3 Å². The minimum Gasteiger partial charge on any atom is -0.355 e. The lowest BCUT2D eigenvalue weighted by Crippen LogP contribution is -2.35. The van der Waals surface area contributed by atoms with Crippen LogP contribution in [0, 0.1) is 11.8 Å². The van der Waals surface area contributed by atoms with Crippen LogP contribution in [0.5, 0.6) is 0 Å². The molecule has 2 aliphatic rings. The van der Waals surface area contributed by atoms with Crippen molar-refractivity contribution < 1.29 is 4.79 Å². The molecule has 0 aromatic carbocycles. The zero-order valence-electron chi connectivity index (χ0n) is 12.0. The van der Waals surface area contributed by atoms with Gasteiger partial charge < -0.3 is 10.6 Å². The monoisotopic (exact) mass is 288 g/mol. The summed E-state index contributed by atoms with van der Waals surface area (Å²) in [5, 5.41) is 6.22. The molecule has 0 aromatic rings. The van der Waals surface area contributed by atoms with Gasteiger partial charge in [0, 0.05) is 6.54 Å². The lowest BCUT2D eigenvalue weighted by molar-refractivity contribution is -0.120. The highest BCUT2D eigenvalue weighted by atomic mass is 35.5. The highest BCUT2D eigenvalue weighted by molar-refractivity contribution is 5.85. The summed E-state index contributed by atoms with van der Waals surface area (Å²) in [7, 11) is 0. The van der Waals surface area contributed by atoms with Gasteiger partial charge in [-0.25, -0.2) is 0 Å². The average molecular weight is 289 g/mol. The Morgan fingerprint density at radius 1 is 1.00 bits per heavy atom. The van der Waals surface area contributed by atoms with E-state index in [9.17, 15) is 4.79 Å². The zero-order chi connectivity index (χ0) is 12.6. The second kappa shape index (κ2) is 9.60. The molecule has 2 rings (SSSR count). The molecule has 1 amide bonds. The Hall–Kier alpha value is -0.280. The molecule has 0 saturated heterocycles. The van der Waals surface area contributed by atoms with Gasteiger partial charge in [-0.2, -0.15) is 0 Å². The average Bonchev–Trinajstić information content (AvgIpc) is 3.03. The van der Waals surface area contributed by atoms with Crippen LogP contribution in [0.25, 0.3) is 0 Å². The Balaban J connectivity index is 0.00000180. The van der Waals surface area contributed by atoms with Crippen LogP contribution in [-0.2, 0) is 4.79 Å². The van der Waals surface area contributed by atoms with E-state index in [2.05, 4.69) is 10.6 Å². The third-order valence-corrected chi connectivity index (χ3v) is 4.25. The summed E-state index contributed by atoms with van der Waals surface area (Å²) in [6, 6.07) is 0. The Morgan fingerprint density at radius 2 is 1.74 bits per heavy atom. The van der Waals surface area contributed by atoms with Crippen molar-refractivity contribution in [1.82, 2.24) is 10.6 Å². The largest absolute Gasteiger partial charge is 0.355 e. The Bertz CT molecular complexity index is 251. The fourth-order valence-electron chi connectivity index (χ4n) is 2.86. The molecule has 0 aliphatic heterocycles. The number of unbranched alkanes of at least 4 members (excludes halogenated alkanes) is 1. The highest BCUT2D eigenvalue weighted by Crippen LogP contribution is 2.28. The van der Waals surface area contributed by atoms with Crippen molar-refractivity contribution in [1.29, 1.82) is 0 Å². The first kappa shape index (κ1) is 16.8. The number of hydrogen-bond acceptors (Lipinski definition) is 2. The first-order valence-electron chi connectivity index (χ1n) is 7.82. The van der Waals surface area contributed by atoms with Crippen molar-refractivity contribution in [2.45, 2.75) is 57.8 Å². The first-order valence-corrected chi connectivity index (χ1v) is 7.82. The van der Waals surface area contributed by atoms with Crippen LogP contribution in [0.4, 0.5) is 0 Å². The molecule has 0 spiro atoms. The molecule has 0 unspecified atom stereocenters. The summed E-state index contributed by atoms with van der Waals surface area (Å²) in [6.45, 7) is 2.38. The van der Waals surface area contributed by atoms with Gasteiger partial charge in [0.25, 0.3) is 0 Å². The molecular weight excluding hydrogens is 260 g/mol. The van der Waals surface area contributed by atoms with Crippen molar-refractivity contribution in [2.24, 2.45) is 11.8 Å². The third kappa shape index (κ3) is 7.78. The molecule has 19 heavy (non-hydrogen) atoms. The molecule has 0 atom stereocenters. The molecule has 112 valence electrons. The van der Waals surface area contributed by atoms with Crippen molar-refractivity contribution in [3.05, 3.63) is 0 Å². The molecule has 2 N–H and O–H groups in total. The van der Waals surface area contributed by atoms with E-state index in [1.807, 2.05) is 0 Å². The van der Waals surface area contributed by atoms with Crippen molar-refractivity contribution in [3.63, 3.8) is 0 Å². The number of carbonyl (C=O) groups is 1. The standard InChI is InChI=1S/C15H28N2O.ClH/c18-15(12-16-11-14-8-9-14)17-10-4-3-7-13-5-1-2-6-13;/h13-14,16H,1-12H2,(H,17,18);1H. The van der Waals surface area contributed by atoms with Crippen LogP contribution in [0.2, 0.25) is 0 Å². The molecule has 0 heterocycles. The number of nitrogens with one attached hydrogen (secondary N) is 2. The summed E-state index contributed by atoms with van der Waals surface area (Å²) >= 11 is 0. The summed E-state index contributed by atoms with van der Waals surface area (Å²) < 4.78 is 0. The van der Waals surface area contributed by atoms with E-state index in [-0.39, 0.29) is 18.3 Å². The lowest BCUT2D eigenvalue weighted by atomic mass is 10.0. The third-order valence-electron chi connectivity index (χ3n) is 4.25. The van der Waals surface area contributed by atoms with Crippen LogP contribution in [0.15, 0.2) is 0 Å². The minimum atomic E-state index is 0. The maximum atomic E-state index is 11.5. The molecule has 2 aliphatic carbocycles. The quantitative estimate of drug-likeness (QED) is 0.641. The normalized spacial score (nSPS) is 19.2. The molecular formula is C15H29ClN2O. The minimum absolute atomic E-state index is 0.